The van der Waals surface area contributed by atoms with Crippen LogP contribution < -0.4 is 4.74 Å². The summed E-state index contributed by atoms with van der Waals surface area (Å²) in [4.78, 5) is 23.9. The molecule has 0 bridgehead atoms. The number of esters is 1. The van der Waals surface area contributed by atoms with Crippen LogP contribution in [0.15, 0.2) is 54.6 Å². The number of ketones is 1. The Morgan fingerprint density at radius 3 is 1.59 bits per heavy atom. The molecule has 0 saturated carbocycles. The zero-order valence-corrected chi connectivity index (χ0v) is 25.5. The summed E-state index contributed by atoms with van der Waals surface area (Å²) in [6, 6.07) is 12.9. The van der Waals surface area contributed by atoms with Gasteiger partial charge in [0.1, 0.15) is 32.5 Å². The van der Waals surface area contributed by atoms with Gasteiger partial charge < -0.3 is 52.1 Å². The van der Waals surface area contributed by atoms with Crippen LogP contribution in [0.25, 0.3) is 0 Å². The predicted octanol–water partition coefficient (Wildman–Crippen LogP) is 3.84. The monoisotopic (exact) mass is 622 g/mol. The van der Waals surface area contributed by atoms with Crippen LogP contribution in [0, 0.1) is 13.8 Å². The molecule has 244 valence electrons. The molecule has 0 N–H and O–H groups in total. The van der Waals surface area contributed by atoms with Crippen molar-refractivity contribution >= 4 is 11.8 Å². The first-order valence-electron chi connectivity index (χ1n) is 13.8. The first kappa shape index (κ1) is 36.9. The van der Waals surface area contributed by atoms with E-state index >= 15 is 0 Å². The number of hydrogen-bond donors (Lipinski definition) is 0. The van der Waals surface area contributed by atoms with Crippen molar-refractivity contribution in [2.45, 2.75) is 20.8 Å². The summed E-state index contributed by atoms with van der Waals surface area (Å²) in [7, 11) is 0. The molecule has 0 radical (unpaired) electrons. The summed E-state index contributed by atoms with van der Waals surface area (Å²) in [5.74, 6) is 0.221. The fourth-order valence-electron chi connectivity index (χ4n) is 3.29. The Kier molecular flexibility index (Phi) is 19.5. The van der Waals surface area contributed by atoms with Crippen molar-refractivity contribution in [2.24, 2.45) is 0 Å². The van der Waals surface area contributed by atoms with Gasteiger partial charge in [0, 0.05) is 16.7 Å². The van der Waals surface area contributed by atoms with Gasteiger partial charge in [-0.1, -0.05) is 36.9 Å². The Hall–Kier alpha value is -3.24. The van der Waals surface area contributed by atoms with Gasteiger partial charge in [-0.3, -0.25) is 4.79 Å². The molecule has 2 aromatic rings. The lowest BCUT2D eigenvalue weighted by atomic mass is 9.97. The second kappa shape index (κ2) is 23.2. The molecule has 0 aliphatic heterocycles. The van der Waals surface area contributed by atoms with E-state index in [2.05, 4.69) is 6.58 Å². The second-order valence-corrected chi connectivity index (χ2v) is 9.08. The molecule has 0 saturated heterocycles. The molecule has 0 unspecified atom stereocenters. The molecule has 0 heterocycles. The minimum Gasteiger partial charge on any atom is -0.491 e. The van der Waals surface area contributed by atoms with Crippen LogP contribution in [0.3, 0.4) is 0 Å². The van der Waals surface area contributed by atoms with E-state index in [1.54, 1.807) is 19.1 Å². The molecule has 2 aromatic carbocycles. The molecular formula is C31H42O13. The lowest BCUT2D eigenvalue weighted by Gasteiger charge is -2.13. The predicted molar refractivity (Wildman–Crippen MR) is 155 cm³/mol. The number of ether oxygens (including phenoxy) is 11. The quantitative estimate of drug-likeness (QED) is 0.0495. The maximum Gasteiger partial charge on any atom is 0.333 e. The fourth-order valence-corrected chi connectivity index (χ4v) is 3.29. The van der Waals surface area contributed by atoms with Gasteiger partial charge in [-0.25, -0.2) is 4.79 Å². The Labute approximate surface area is 257 Å². The molecule has 0 atom stereocenters. The molecule has 0 aliphatic carbocycles. The van der Waals surface area contributed by atoms with Crippen molar-refractivity contribution in [1.29, 1.82) is 0 Å². The van der Waals surface area contributed by atoms with Crippen molar-refractivity contribution in [3.63, 3.8) is 0 Å². The van der Waals surface area contributed by atoms with E-state index in [-0.39, 0.29) is 73.3 Å². The Morgan fingerprint density at radius 2 is 1.09 bits per heavy atom. The van der Waals surface area contributed by atoms with Gasteiger partial charge in [-0.2, -0.15) is 0 Å². The molecule has 0 fully saturated rings. The molecule has 0 amide bonds. The van der Waals surface area contributed by atoms with Crippen molar-refractivity contribution in [1.82, 2.24) is 0 Å². The highest BCUT2D eigenvalue weighted by molar-refractivity contribution is 6.10. The molecule has 13 nitrogen and oxygen atoms in total. The summed E-state index contributed by atoms with van der Waals surface area (Å²) in [6.07, 6.45) is 0. The van der Waals surface area contributed by atoms with Crippen LogP contribution in [0.4, 0.5) is 0 Å². The number of aryl methyl sites for hydroxylation is 2. The van der Waals surface area contributed by atoms with E-state index in [4.69, 9.17) is 52.1 Å². The summed E-state index contributed by atoms with van der Waals surface area (Å²) in [5.41, 5.74) is 3.35. The number of carbonyl (C=O) groups is 2. The average Bonchev–Trinajstić information content (AvgIpc) is 3.02. The Bertz CT molecular complexity index is 1110. The number of benzene rings is 2. The van der Waals surface area contributed by atoms with Gasteiger partial charge in [0.15, 0.2) is 46.5 Å². The normalized spacial score (nSPS) is 11.0. The molecule has 0 aromatic heterocycles. The van der Waals surface area contributed by atoms with Gasteiger partial charge in [-0.15, -0.1) is 0 Å². The van der Waals surface area contributed by atoms with E-state index in [0.717, 1.165) is 11.1 Å². The molecule has 0 spiro atoms. The van der Waals surface area contributed by atoms with Crippen molar-refractivity contribution in [2.75, 3.05) is 80.8 Å². The van der Waals surface area contributed by atoms with Crippen LogP contribution in [-0.2, 0) is 52.2 Å². The van der Waals surface area contributed by atoms with Crippen LogP contribution in [-0.4, -0.2) is 92.5 Å². The smallest absolute Gasteiger partial charge is 0.333 e. The molecule has 13 heteroatoms. The van der Waals surface area contributed by atoms with Crippen molar-refractivity contribution in [3.8, 4) is 5.75 Å². The summed E-state index contributed by atoms with van der Waals surface area (Å²) in [6.45, 7) is 9.53. The van der Waals surface area contributed by atoms with E-state index in [9.17, 15) is 9.59 Å². The molecular weight excluding hydrogens is 580 g/mol. The Morgan fingerprint density at radius 1 is 0.614 bits per heavy atom. The van der Waals surface area contributed by atoms with Gasteiger partial charge in [0.05, 0.1) is 13.2 Å². The van der Waals surface area contributed by atoms with Crippen LogP contribution >= 0.6 is 0 Å². The van der Waals surface area contributed by atoms with Crippen LogP contribution in [0.1, 0.15) is 34.0 Å². The Balaban J connectivity index is 1.34. The fraction of sp³-hybridized carbons (Fsp3) is 0.484. The zero-order chi connectivity index (χ0) is 31.8. The molecule has 2 rings (SSSR count). The van der Waals surface area contributed by atoms with E-state index in [1.807, 2.05) is 44.2 Å². The minimum atomic E-state index is -0.464. The van der Waals surface area contributed by atoms with Crippen LogP contribution in [0.2, 0.25) is 0 Å². The largest absolute Gasteiger partial charge is 0.491 e. The third kappa shape index (κ3) is 16.0. The van der Waals surface area contributed by atoms with E-state index < -0.39 is 5.97 Å². The maximum atomic E-state index is 12.8. The van der Waals surface area contributed by atoms with Gasteiger partial charge in [0.2, 0.25) is 0 Å². The lowest BCUT2D eigenvalue weighted by Crippen LogP contribution is -2.14. The highest BCUT2D eigenvalue weighted by Gasteiger charge is 2.14. The summed E-state index contributed by atoms with van der Waals surface area (Å²) in [5, 5.41) is 0. The van der Waals surface area contributed by atoms with Crippen molar-refractivity contribution < 1.29 is 61.7 Å². The molecule has 0 aliphatic rings. The van der Waals surface area contributed by atoms with E-state index in [1.165, 1.54) is 0 Å². The number of carbonyl (C=O) groups excluding carboxylic acids is 2. The summed E-state index contributed by atoms with van der Waals surface area (Å²) >= 11 is 0. The van der Waals surface area contributed by atoms with Gasteiger partial charge in [0.25, 0.3) is 0 Å². The van der Waals surface area contributed by atoms with Crippen LogP contribution in [0.5, 0.6) is 5.75 Å². The first-order valence-corrected chi connectivity index (χ1v) is 13.8. The maximum absolute atomic E-state index is 12.8. The first-order chi connectivity index (χ1) is 21.4. The van der Waals surface area contributed by atoms with Gasteiger partial charge in [-0.05, 0) is 44.0 Å². The SMILES string of the molecule is C=C(C)C(=O)OCCOCOCOCOCOCOCOCOCOCCOc1cc(C)c(C(=O)c2ccccc2)cc1C. The van der Waals surface area contributed by atoms with E-state index in [0.29, 0.717) is 35.7 Å². The lowest BCUT2D eigenvalue weighted by molar-refractivity contribution is -0.226. The standard InChI is InChI=1S/C31H42O13/c1-24(2)31(33)44-13-11-35-17-37-19-39-21-41-23-42-22-40-20-38-18-36-16-34-10-12-43-29-15-25(3)28(14-26(29)4)30(32)27-8-6-5-7-9-27/h5-9,14-15H,1,10-13,16-23H2,2-4H3. The van der Waals surface area contributed by atoms with Crippen molar-refractivity contribution in [3.05, 3.63) is 76.9 Å². The third-order valence-corrected chi connectivity index (χ3v) is 5.43. The zero-order valence-electron chi connectivity index (χ0n) is 25.5. The summed E-state index contributed by atoms with van der Waals surface area (Å²) < 4.78 is 56.9. The average molecular weight is 623 g/mol. The number of hydrogen-bond acceptors (Lipinski definition) is 13. The second-order valence-electron chi connectivity index (χ2n) is 9.08. The number of rotatable bonds is 26. The highest BCUT2D eigenvalue weighted by Crippen LogP contribution is 2.24. The minimum absolute atomic E-state index is 0.0151. The third-order valence-electron chi connectivity index (χ3n) is 5.43. The topological polar surface area (TPSA) is 136 Å². The highest BCUT2D eigenvalue weighted by atomic mass is 16.8. The molecule has 44 heavy (non-hydrogen) atoms. The van der Waals surface area contributed by atoms with Gasteiger partial charge >= 0.3 is 5.97 Å².